The van der Waals surface area contributed by atoms with Crippen molar-refractivity contribution in [2.24, 2.45) is 11.8 Å². The lowest BCUT2D eigenvalue weighted by molar-refractivity contribution is -0.0268. The van der Waals surface area contributed by atoms with Gasteiger partial charge in [-0.15, -0.1) is 0 Å². The molecule has 2 heterocycles. The van der Waals surface area contributed by atoms with Gasteiger partial charge in [0.2, 0.25) is 0 Å². The molecule has 3 rings (SSSR count). The van der Waals surface area contributed by atoms with Crippen molar-refractivity contribution in [2.45, 2.75) is 83.6 Å². The highest BCUT2D eigenvalue weighted by atomic mass is 16.5. The molecule has 3 aliphatic rings. The fourth-order valence-corrected chi connectivity index (χ4v) is 4.38. The molecule has 21 heavy (non-hydrogen) atoms. The molecular weight excluding hydrogens is 260 g/mol. The highest BCUT2D eigenvalue weighted by Crippen LogP contribution is 2.44. The maximum atomic E-state index is 6.11. The van der Waals surface area contributed by atoms with Gasteiger partial charge in [-0.05, 0) is 57.8 Å². The zero-order chi connectivity index (χ0) is 15.0. The topological polar surface area (TPSA) is 24.5 Å². The Bertz CT molecular complexity index is 355. The standard InChI is InChI=1S/C18H34N2O/c1-13(2)9-16-10-20(11-17-8-5-14(3)21-17)18(4,12-19-16)15-6-7-15/h13-17,19H,5-12H2,1-4H3. The van der Waals surface area contributed by atoms with Crippen molar-refractivity contribution >= 4 is 0 Å². The number of hydrogen-bond donors (Lipinski definition) is 1. The highest BCUT2D eigenvalue weighted by Gasteiger charge is 2.48. The van der Waals surface area contributed by atoms with Gasteiger partial charge in [-0.2, -0.15) is 0 Å². The van der Waals surface area contributed by atoms with E-state index in [1.165, 1.54) is 38.6 Å². The Morgan fingerprint density at radius 1 is 1.24 bits per heavy atom. The first-order valence-corrected chi connectivity index (χ1v) is 9.11. The van der Waals surface area contributed by atoms with Crippen LogP contribution in [0.4, 0.5) is 0 Å². The first-order valence-electron chi connectivity index (χ1n) is 9.11. The minimum absolute atomic E-state index is 0.364. The molecule has 0 amide bonds. The minimum atomic E-state index is 0.364. The molecule has 0 aromatic heterocycles. The van der Waals surface area contributed by atoms with Crippen LogP contribution in [0.5, 0.6) is 0 Å². The summed E-state index contributed by atoms with van der Waals surface area (Å²) < 4.78 is 6.11. The molecule has 122 valence electrons. The zero-order valence-corrected chi connectivity index (χ0v) is 14.4. The summed E-state index contributed by atoms with van der Waals surface area (Å²) in [5.74, 6) is 1.68. The molecule has 0 radical (unpaired) electrons. The molecule has 2 saturated heterocycles. The fourth-order valence-electron chi connectivity index (χ4n) is 4.38. The second-order valence-corrected chi connectivity index (χ2v) is 8.39. The Morgan fingerprint density at radius 3 is 2.57 bits per heavy atom. The van der Waals surface area contributed by atoms with E-state index in [4.69, 9.17) is 4.74 Å². The van der Waals surface area contributed by atoms with Crippen molar-refractivity contribution in [2.75, 3.05) is 19.6 Å². The third-order valence-corrected chi connectivity index (χ3v) is 5.87. The maximum absolute atomic E-state index is 6.11. The summed E-state index contributed by atoms with van der Waals surface area (Å²) in [7, 11) is 0. The third-order valence-electron chi connectivity index (χ3n) is 5.87. The minimum Gasteiger partial charge on any atom is -0.374 e. The molecule has 4 atom stereocenters. The molecule has 0 aromatic carbocycles. The number of piperazine rings is 1. The third kappa shape index (κ3) is 3.62. The van der Waals surface area contributed by atoms with Crippen LogP contribution in [0.3, 0.4) is 0 Å². The molecular formula is C18H34N2O. The van der Waals surface area contributed by atoms with E-state index in [0.29, 0.717) is 23.8 Å². The summed E-state index contributed by atoms with van der Waals surface area (Å²) in [6, 6.07) is 0.663. The van der Waals surface area contributed by atoms with Crippen molar-refractivity contribution < 1.29 is 4.74 Å². The van der Waals surface area contributed by atoms with Crippen LogP contribution in [0, 0.1) is 11.8 Å². The number of hydrogen-bond acceptors (Lipinski definition) is 3. The monoisotopic (exact) mass is 294 g/mol. The van der Waals surface area contributed by atoms with Gasteiger partial charge in [0.05, 0.1) is 12.2 Å². The number of nitrogens with one attached hydrogen (secondary N) is 1. The first-order chi connectivity index (χ1) is 9.97. The van der Waals surface area contributed by atoms with Crippen LogP contribution in [0.1, 0.15) is 59.8 Å². The van der Waals surface area contributed by atoms with E-state index in [1.807, 2.05) is 0 Å². The van der Waals surface area contributed by atoms with Gasteiger partial charge in [-0.25, -0.2) is 0 Å². The number of ether oxygens (including phenoxy) is 1. The highest BCUT2D eigenvalue weighted by molar-refractivity contribution is 5.05. The van der Waals surface area contributed by atoms with E-state index < -0.39 is 0 Å². The van der Waals surface area contributed by atoms with Gasteiger partial charge in [0.1, 0.15) is 0 Å². The van der Waals surface area contributed by atoms with Crippen molar-refractivity contribution in [3.63, 3.8) is 0 Å². The van der Waals surface area contributed by atoms with E-state index in [9.17, 15) is 0 Å². The summed E-state index contributed by atoms with van der Waals surface area (Å²) in [6.45, 7) is 12.9. The second kappa shape index (κ2) is 6.17. The average Bonchev–Trinajstić information content (AvgIpc) is 3.18. The quantitative estimate of drug-likeness (QED) is 0.843. The van der Waals surface area contributed by atoms with Gasteiger partial charge in [0.15, 0.2) is 0 Å². The van der Waals surface area contributed by atoms with E-state index >= 15 is 0 Å². The Kier molecular flexibility index (Phi) is 4.63. The van der Waals surface area contributed by atoms with Crippen LogP contribution >= 0.6 is 0 Å². The molecule has 1 saturated carbocycles. The summed E-state index contributed by atoms with van der Waals surface area (Å²) in [6.07, 6.45) is 7.57. The predicted molar refractivity (Wildman–Crippen MR) is 87.5 cm³/mol. The predicted octanol–water partition coefficient (Wildman–Crippen LogP) is 3.04. The normalized spacial score (nSPS) is 41.9. The summed E-state index contributed by atoms with van der Waals surface area (Å²) >= 11 is 0. The Hall–Kier alpha value is -0.120. The van der Waals surface area contributed by atoms with Gasteiger partial charge < -0.3 is 10.1 Å². The SMILES string of the molecule is CC(C)CC1CN(CC2CCC(C)O2)C(C)(C2CC2)CN1. The number of nitrogens with zero attached hydrogens (tertiary/aromatic N) is 1. The average molecular weight is 294 g/mol. The maximum Gasteiger partial charge on any atom is 0.0706 e. The zero-order valence-electron chi connectivity index (χ0n) is 14.4. The van der Waals surface area contributed by atoms with Crippen LogP contribution in [0.2, 0.25) is 0 Å². The van der Waals surface area contributed by atoms with Crippen LogP contribution in [0.25, 0.3) is 0 Å². The lowest BCUT2D eigenvalue weighted by atomic mass is 9.87. The van der Waals surface area contributed by atoms with Crippen LogP contribution < -0.4 is 5.32 Å². The van der Waals surface area contributed by atoms with Crippen molar-refractivity contribution in [3.8, 4) is 0 Å². The molecule has 1 aliphatic carbocycles. The molecule has 3 nitrogen and oxygen atoms in total. The van der Waals surface area contributed by atoms with E-state index in [2.05, 4.69) is 37.9 Å². The van der Waals surface area contributed by atoms with Gasteiger partial charge in [-0.3, -0.25) is 4.90 Å². The van der Waals surface area contributed by atoms with E-state index in [0.717, 1.165) is 24.9 Å². The summed E-state index contributed by atoms with van der Waals surface area (Å²) in [5.41, 5.74) is 0.364. The fraction of sp³-hybridized carbons (Fsp3) is 1.00. The molecule has 4 unspecified atom stereocenters. The molecule has 2 aliphatic heterocycles. The van der Waals surface area contributed by atoms with Crippen LogP contribution in [0.15, 0.2) is 0 Å². The Morgan fingerprint density at radius 2 is 2.00 bits per heavy atom. The molecule has 0 aromatic rings. The van der Waals surface area contributed by atoms with E-state index in [-0.39, 0.29) is 0 Å². The van der Waals surface area contributed by atoms with Gasteiger partial charge in [-0.1, -0.05) is 13.8 Å². The van der Waals surface area contributed by atoms with Crippen LogP contribution in [-0.2, 0) is 4.74 Å². The molecule has 3 heteroatoms. The largest absolute Gasteiger partial charge is 0.374 e. The van der Waals surface area contributed by atoms with Gasteiger partial charge >= 0.3 is 0 Å². The molecule has 1 N–H and O–H groups in total. The van der Waals surface area contributed by atoms with Crippen molar-refractivity contribution in [1.82, 2.24) is 10.2 Å². The first kappa shape index (κ1) is 15.8. The Labute approximate surface area is 130 Å². The van der Waals surface area contributed by atoms with Crippen LogP contribution in [-0.4, -0.2) is 48.3 Å². The molecule has 3 fully saturated rings. The second-order valence-electron chi connectivity index (χ2n) is 8.39. The Balaban J connectivity index is 1.64. The molecule has 0 bridgehead atoms. The van der Waals surface area contributed by atoms with Crippen molar-refractivity contribution in [3.05, 3.63) is 0 Å². The summed E-state index contributed by atoms with van der Waals surface area (Å²) in [5, 5.41) is 3.84. The lowest BCUT2D eigenvalue weighted by Gasteiger charge is -2.50. The molecule has 0 spiro atoms. The lowest BCUT2D eigenvalue weighted by Crippen LogP contribution is -2.65. The number of rotatable bonds is 5. The smallest absolute Gasteiger partial charge is 0.0706 e. The van der Waals surface area contributed by atoms with Gasteiger partial charge in [0, 0.05) is 31.2 Å². The van der Waals surface area contributed by atoms with Gasteiger partial charge in [0.25, 0.3) is 0 Å². The summed E-state index contributed by atoms with van der Waals surface area (Å²) in [4.78, 5) is 2.79. The van der Waals surface area contributed by atoms with Crippen molar-refractivity contribution in [1.29, 1.82) is 0 Å². The van der Waals surface area contributed by atoms with E-state index in [1.54, 1.807) is 0 Å².